The van der Waals surface area contributed by atoms with Crippen LogP contribution in [0.4, 0.5) is 0 Å². The van der Waals surface area contributed by atoms with E-state index in [0.29, 0.717) is 61.5 Å². The van der Waals surface area contributed by atoms with E-state index in [9.17, 15) is 6.48 Å². The largest absolute Gasteiger partial charge is 0.507 e. The van der Waals surface area contributed by atoms with E-state index >= 15 is 0 Å². The maximum atomic E-state index is 12.2. The van der Waals surface area contributed by atoms with Crippen LogP contribution in [0.3, 0.4) is 0 Å². The van der Waals surface area contributed by atoms with E-state index in [0.717, 1.165) is 5.56 Å². The summed E-state index contributed by atoms with van der Waals surface area (Å²) in [7, 11) is 0. The number of para-hydroxylation sites is 1. The first-order valence-electron chi connectivity index (χ1n) is 29.7. The zero-order valence-corrected chi connectivity index (χ0v) is 35.2. The van der Waals surface area contributed by atoms with Gasteiger partial charge in [-0.05, 0) is 134 Å². The van der Waals surface area contributed by atoms with Crippen LogP contribution in [0.2, 0.25) is 0 Å². The van der Waals surface area contributed by atoms with Crippen molar-refractivity contribution < 1.29 is 31.2 Å². The summed E-state index contributed by atoms with van der Waals surface area (Å²) in [6, 6.07) is 22.5. The topological polar surface area (TPSA) is 50.9 Å². The van der Waals surface area contributed by atoms with Gasteiger partial charge in [-0.1, -0.05) is 154 Å². The fourth-order valence-electron chi connectivity index (χ4n) is 7.50. The number of nitrogens with zero attached hydrogens (tertiary/aromatic N) is 3. The Morgan fingerprint density at radius 3 is 2.08 bits per heavy atom. The van der Waals surface area contributed by atoms with Gasteiger partial charge in [-0.15, -0.1) is 0 Å². The molecule has 8 aromatic rings. The third-order valence-electron chi connectivity index (χ3n) is 10.9. The molecule has 0 fully saturated rings. The van der Waals surface area contributed by atoms with Crippen molar-refractivity contribution in [3.63, 3.8) is 0 Å². The molecule has 308 valence electrons. The Balaban J connectivity index is 1.44. The molecule has 0 atom stereocenters. The number of hydrogen-bond donors (Lipinski definition) is 1. The number of aromatic nitrogens is 3. The second-order valence-electron chi connectivity index (χ2n) is 17.1. The van der Waals surface area contributed by atoms with Crippen LogP contribution in [0.25, 0.3) is 72.7 Å². The quantitative estimate of drug-likeness (QED) is 0.166. The number of benzene rings is 6. The first-order valence-corrected chi connectivity index (χ1v) is 20.2. The molecular formula is C57H59N3O. The van der Waals surface area contributed by atoms with Crippen molar-refractivity contribution in [1.82, 2.24) is 14.5 Å². The molecule has 2 heterocycles. The second-order valence-corrected chi connectivity index (χ2v) is 17.1. The number of imidazole rings is 1. The number of phenolic OH excluding ortho intramolecular Hbond substituents is 1. The number of fused-ring (bicyclic) bond motifs is 1. The summed E-state index contributed by atoms with van der Waals surface area (Å²) >= 11 is 0. The van der Waals surface area contributed by atoms with E-state index in [2.05, 4.69) is 4.98 Å². The lowest BCUT2D eigenvalue weighted by atomic mass is 9.83. The lowest BCUT2D eigenvalue weighted by Crippen LogP contribution is -2.11. The molecular weight excluding hydrogens is 743 g/mol. The minimum Gasteiger partial charge on any atom is -0.507 e. The van der Waals surface area contributed by atoms with Gasteiger partial charge in [0.1, 0.15) is 11.6 Å². The van der Waals surface area contributed by atoms with Gasteiger partial charge in [0.25, 0.3) is 0 Å². The monoisotopic (exact) mass is 821 g/mol. The average Bonchev–Trinajstić information content (AvgIpc) is 3.89. The molecule has 0 aliphatic rings. The third-order valence-corrected chi connectivity index (χ3v) is 10.9. The smallest absolute Gasteiger partial charge is 0.149 e. The second kappa shape index (κ2) is 16.0. The van der Waals surface area contributed by atoms with Gasteiger partial charge in [-0.3, -0.25) is 9.55 Å². The maximum absolute atomic E-state index is 12.2. The van der Waals surface area contributed by atoms with Gasteiger partial charge in [0.05, 0.1) is 31.9 Å². The highest BCUT2D eigenvalue weighted by Gasteiger charge is 2.25. The van der Waals surface area contributed by atoms with Crippen LogP contribution in [-0.4, -0.2) is 19.6 Å². The van der Waals surface area contributed by atoms with Crippen molar-refractivity contribution in [3.8, 4) is 67.5 Å². The molecule has 4 nitrogen and oxygen atoms in total. The molecule has 0 unspecified atom stereocenters. The number of aryl methyl sites for hydroxylation is 1. The van der Waals surface area contributed by atoms with Gasteiger partial charge in [-0.2, -0.15) is 0 Å². The van der Waals surface area contributed by atoms with Crippen molar-refractivity contribution in [2.24, 2.45) is 0 Å². The zero-order valence-electron chi connectivity index (χ0n) is 54.2. The Hall–Kier alpha value is -6.26. The van der Waals surface area contributed by atoms with Crippen LogP contribution < -0.4 is 0 Å². The first-order chi connectivity index (χ1) is 36.9. The third kappa shape index (κ3) is 8.16. The van der Waals surface area contributed by atoms with Gasteiger partial charge in [0.15, 0.2) is 0 Å². The molecule has 61 heavy (non-hydrogen) atoms. The SMILES string of the molecule is [2H]c1nc(-c2cc(-c3cccc4c3nc(-c3cc(C(C)C)cc(C(C)C)c3O)n4-c3ccc(-c4ccccc4)c(C([2H])([2H])[2H])c3)cc(C(C)(C)C)c2)c([2H])c(-c2c([2H])c([2H])c(C(C([2H])([2H])[2H])(C([2H])([2H])[2H])C([2H])([2H])[2H])c([2H])c2[2H])c1[2H]. The van der Waals surface area contributed by atoms with E-state index in [4.69, 9.17) is 29.7 Å². The standard InChI is InChI=1S/C57H59N3O/c1-35(2)41-32-49(36(3)4)54(61)50(33-41)55-59-53-48(18-15-19-52(53)60(55)46-24-25-47(37(5)28-46)39-16-13-12-14-17-39)42-29-43(31-45(30-42)57(9,10)11)51-34-40(26-27-58-51)38-20-22-44(23-21-38)56(6,7)8/h12-36,61H,1-11H3/i5D3,6D3,7D3,8D3,20D,21D,22D,23D,26D,27D,34D. The van der Waals surface area contributed by atoms with E-state index in [1.807, 2.05) is 120 Å². The molecule has 4 heteroatoms. The van der Waals surface area contributed by atoms with Gasteiger partial charge in [0.2, 0.25) is 0 Å². The van der Waals surface area contributed by atoms with Crippen LogP contribution in [0.5, 0.6) is 5.75 Å². The highest BCUT2D eigenvalue weighted by molar-refractivity contribution is 5.97. The minimum absolute atomic E-state index is 0.00657. The molecule has 0 aliphatic carbocycles. The number of aromatic hydroxyl groups is 1. The lowest BCUT2D eigenvalue weighted by molar-refractivity contribution is 0.466. The average molecular weight is 821 g/mol. The van der Waals surface area contributed by atoms with E-state index < -0.39 is 97.4 Å². The number of rotatable bonds is 8. The molecule has 0 saturated heterocycles. The lowest BCUT2D eigenvalue weighted by Gasteiger charge is -2.22. The first kappa shape index (κ1) is 24.3. The summed E-state index contributed by atoms with van der Waals surface area (Å²) in [5.74, 6) is 0.215. The predicted molar refractivity (Wildman–Crippen MR) is 258 cm³/mol. The Bertz CT molecular complexity index is 3690. The van der Waals surface area contributed by atoms with Crippen molar-refractivity contribution >= 4 is 11.0 Å². The Morgan fingerprint density at radius 2 is 1.39 bits per heavy atom. The molecule has 0 bridgehead atoms. The molecule has 0 saturated carbocycles. The van der Waals surface area contributed by atoms with Gasteiger partial charge < -0.3 is 5.11 Å². The van der Waals surface area contributed by atoms with Crippen molar-refractivity contribution in [2.45, 2.75) is 98.5 Å². The number of phenols is 1. The Morgan fingerprint density at radius 1 is 0.639 bits per heavy atom. The predicted octanol–water partition coefficient (Wildman–Crippen LogP) is 15.6. The summed E-state index contributed by atoms with van der Waals surface area (Å²) in [4.78, 5) is 9.71. The summed E-state index contributed by atoms with van der Waals surface area (Å²) in [6.07, 6.45) is -0.763. The van der Waals surface area contributed by atoms with Crippen LogP contribution in [0, 0.1) is 6.85 Å². The summed E-state index contributed by atoms with van der Waals surface area (Å²) < 4.78 is 166. The van der Waals surface area contributed by atoms with Crippen molar-refractivity contribution in [1.29, 1.82) is 0 Å². The summed E-state index contributed by atoms with van der Waals surface area (Å²) in [5.41, 5.74) is -1.07. The van der Waals surface area contributed by atoms with Gasteiger partial charge in [-0.25, -0.2) is 4.98 Å². The van der Waals surface area contributed by atoms with Crippen molar-refractivity contribution in [2.75, 3.05) is 0 Å². The van der Waals surface area contributed by atoms with Crippen LogP contribution in [0.1, 0.15) is 135 Å². The summed E-state index contributed by atoms with van der Waals surface area (Å²) in [6.45, 7) is -0.544. The van der Waals surface area contributed by atoms with Crippen LogP contribution in [0.15, 0.2) is 139 Å². The highest BCUT2D eigenvalue weighted by atomic mass is 16.3. The fourth-order valence-corrected chi connectivity index (χ4v) is 7.50. The van der Waals surface area contributed by atoms with Gasteiger partial charge in [0, 0.05) is 39.4 Å². The number of pyridine rings is 1. The molecule has 8 rings (SSSR count). The highest BCUT2D eigenvalue weighted by Crippen LogP contribution is 2.43. The molecule has 0 aliphatic heterocycles. The van der Waals surface area contributed by atoms with Crippen LogP contribution >= 0.6 is 0 Å². The molecule has 6 aromatic carbocycles. The maximum Gasteiger partial charge on any atom is 0.149 e. The minimum atomic E-state index is -3.94. The zero-order chi connectivity index (χ0) is 59.5. The summed E-state index contributed by atoms with van der Waals surface area (Å²) in [5, 5.41) is 12.2. The molecule has 2 aromatic heterocycles. The normalized spacial score (nSPS) is 17.6. The Kier molecular flexibility index (Phi) is 6.35. The van der Waals surface area contributed by atoms with Crippen molar-refractivity contribution in [3.05, 3.63) is 167 Å². The Labute approximate surface area is 389 Å². The molecule has 0 radical (unpaired) electrons. The van der Waals surface area contributed by atoms with E-state index in [-0.39, 0.29) is 34.4 Å². The number of hydrogen-bond acceptors (Lipinski definition) is 3. The van der Waals surface area contributed by atoms with Gasteiger partial charge >= 0.3 is 0 Å². The van der Waals surface area contributed by atoms with E-state index in [1.54, 1.807) is 30.3 Å². The van der Waals surface area contributed by atoms with E-state index in [1.165, 1.54) is 0 Å². The molecule has 0 amide bonds. The molecule has 0 spiro atoms. The fraction of sp³-hybridized carbons (Fsp3) is 0.263. The molecule has 1 N–H and O–H groups in total. The van der Waals surface area contributed by atoms with Crippen LogP contribution in [-0.2, 0) is 10.8 Å².